The Morgan fingerprint density at radius 3 is 2.67 bits per heavy atom. The molecule has 1 amide bonds. The van der Waals surface area contributed by atoms with Crippen LogP contribution in [0.15, 0.2) is 12.4 Å². The molecule has 3 aliphatic rings. The van der Waals surface area contributed by atoms with Crippen LogP contribution in [0.1, 0.15) is 37.5 Å². The molecule has 0 aromatic carbocycles. The van der Waals surface area contributed by atoms with Crippen molar-refractivity contribution in [1.82, 2.24) is 25.1 Å². The number of amides is 1. The van der Waals surface area contributed by atoms with Gasteiger partial charge in [0, 0.05) is 45.1 Å². The van der Waals surface area contributed by atoms with Gasteiger partial charge in [0.15, 0.2) is 0 Å². The van der Waals surface area contributed by atoms with E-state index in [2.05, 4.69) is 25.1 Å². The zero-order valence-electron chi connectivity index (χ0n) is 14.3. The van der Waals surface area contributed by atoms with E-state index in [0.29, 0.717) is 12.6 Å². The highest BCUT2D eigenvalue weighted by atomic mass is 35.5. The van der Waals surface area contributed by atoms with E-state index >= 15 is 0 Å². The van der Waals surface area contributed by atoms with Crippen molar-refractivity contribution in [2.45, 2.75) is 37.8 Å². The number of hydrogen-bond acceptors (Lipinski definition) is 4. The van der Waals surface area contributed by atoms with Crippen molar-refractivity contribution in [1.29, 1.82) is 0 Å². The summed E-state index contributed by atoms with van der Waals surface area (Å²) in [6.07, 6.45) is 8.99. The summed E-state index contributed by atoms with van der Waals surface area (Å²) >= 11 is 0. The van der Waals surface area contributed by atoms with Gasteiger partial charge in [-0.15, -0.1) is 12.4 Å². The Morgan fingerprint density at radius 1 is 1.38 bits per heavy atom. The number of aryl methyl sites for hydroxylation is 1. The van der Waals surface area contributed by atoms with Crippen LogP contribution in [0.2, 0.25) is 0 Å². The van der Waals surface area contributed by atoms with Crippen molar-refractivity contribution in [2.24, 2.45) is 18.9 Å². The molecule has 1 saturated heterocycles. The summed E-state index contributed by atoms with van der Waals surface area (Å²) in [5.41, 5.74) is 0. The highest BCUT2D eigenvalue weighted by Gasteiger charge is 2.42. The van der Waals surface area contributed by atoms with E-state index in [1.54, 1.807) is 0 Å². The van der Waals surface area contributed by atoms with Crippen LogP contribution in [-0.4, -0.2) is 52.6 Å². The van der Waals surface area contributed by atoms with Crippen molar-refractivity contribution in [3.05, 3.63) is 18.2 Å². The average molecular weight is 354 g/mol. The summed E-state index contributed by atoms with van der Waals surface area (Å²) in [5.74, 6) is 2.72. The molecule has 0 bridgehead atoms. The smallest absolute Gasteiger partial charge is 0.234 e. The third kappa shape index (κ3) is 3.92. The second-order valence-corrected chi connectivity index (χ2v) is 7.35. The van der Waals surface area contributed by atoms with Gasteiger partial charge >= 0.3 is 0 Å². The summed E-state index contributed by atoms with van der Waals surface area (Å²) in [6.45, 7) is 3.16. The van der Waals surface area contributed by atoms with E-state index in [-0.39, 0.29) is 24.4 Å². The Bertz CT molecular complexity index is 557. The van der Waals surface area contributed by atoms with Crippen molar-refractivity contribution in [2.75, 3.05) is 26.2 Å². The minimum Gasteiger partial charge on any atom is -0.352 e. The van der Waals surface area contributed by atoms with Crippen LogP contribution in [0.25, 0.3) is 0 Å². The molecule has 7 heteroatoms. The lowest BCUT2D eigenvalue weighted by Gasteiger charge is -2.35. The van der Waals surface area contributed by atoms with Crippen molar-refractivity contribution < 1.29 is 4.79 Å². The quantitative estimate of drug-likeness (QED) is 0.803. The Labute approximate surface area is 149 Å². The molecule has 2 heterocycles. The molecule has 2 saturated carbocycles. The number of aromatic nitrogens is 2. The highest BCUT2D eigenvalue weighted by Crippen LogP contribution is 2.44. The minimum atomic E-state index is 0. The van der Waals surface area contributed by atoms with Gasteiger partial charge in [-0.25, -0.2) is 4.98 Å². The molecule has 1 aliphatic heterocycles. The van der Waals surface area contributed by atoms with Crippen LogP contribution in [0.3, 0.4) is 0 Å². The van der Waals surface area contributed by atoms with E-state index in [1.807, 2.05) is 19.4 Å². The molecule has 1 aromatic rings. The van der Waals surface area contributed by atoms with E-state index in [0.717, 1.165) is 37.3 Å². The number of halogens is 1. The number of piperazine rings is 1. The molecule has 1 unspecified atom stereocenters. The first-order chi connectivity index (χ1) is 11.2. The summed E-state index contributed by atoms with van der Waals surface area (Å²) < 4.78 is 2.06. The zero-order valence-corrected chi connectivity index (χ0v) is 15.1. The highest BCUT2D eigenvalue weighted by molar-refractivity contribution is 5.85. The van der Waals surface area contributed by atoms with Crippen LogP contribution >= 0.6 is 12.4 Å². The number of carbonyl (C=O) groups excluding carboxylic acids is 1. The van der Waals surface area contributed by atoms with Gasteiger partial charge in [0.25, 0.3) is 0 Å². The van der Waals surface area contributed by atoms with Gasteiger partial charge in [-0.3, -0.25) is 9.69 Å². The maximum atomic E-state index is 12.6. The van der Waals surface area contributed by atoms with Crippen LogP contribution in [0.5, 0.6) is 0 Å². The van der Waals surface area contributed by atoms with Crippen molar-refractivity contribution >= 4 is 18.3 Å². The average Bonchev–Trinajstić information content (AvgIpc) is 3.45. The first-order valence-electron chi connectivity index (χ1n) is 8.93. The molecule has 134 valence electrons. The molecule has 1 atom stereocenters. The van der Waals surface area contributed by atoms with Crippen LogP contribution in [0.4, 0.5) is 0 Å². The second-order valence-electron chi connectivity index (χ2n) is 7.35. The van der Waals surface area contributed by atoms with E-state index < -0.39 is 0 Å². The lowest BCUT2D eigenvalue weighted by molar-refractivity contribution is -0.124. The molecular weight excluding hydrogens is 326 g/mol. The molecule has 6 nitrogen and oxygen atoms in total. The van der Waals surface area contributed by atoms with Gasteiger partial charge in [-0.1, -0.05) is 0 Å². The summed E-state index contributed by atoms with van der Waals surface area (Å²) in [4.78, 5) is 19.3. The summed E-state index contributed by atoms with van der Waals surface area (Å²) in [6, 6.07) is 0.617. The normalized spacial score (nSPS) is 24.7. The monoisotopic (exact) mass is 353 g/mol. The second kappa shape index (κ2) is 7.42. The first kappa shape index (κ1) is 17.7. The van der Waals surface area contributed by atoms with Gasteiger partial charge in [-0.05, 0) is 37.5 Å². The molecule has 0 radical (unpaired) electrons. The molecular formula is C17H28ClN5O. The van der Waals surface area contributed by atoms with Crippen LogP contribution in [0, 0.1) is 11.8 Å². The number of nitrogens with zero attached hydrogens (tertiary/aromatic N) is 3. The molecule has 3 fully saturated rings. The minimum absolute atomic E-state index is 0. The number of nitrogens with one attached hydrogen (secondary N) is 2. The van der Waals surface area contributed by atoms with Gasteiger partial charge in [0.1, 0.15) is 5.82 Å². The molecule has 2 aliphatic carbocycles. The maximum absolute atomic E-state index is 12.6. The predicted molar refractivity (Wildman–Crippen MR) is 95.0 cm³/mol. The van der Waals surface area contributed by atoms with E-state index in [9.17, 15) is 4.79 Å². The first-order valence-corrected chi connectivity index (χ1v) is 8.93. The number of hydrogen-bond donors (Lipinski definition) is 2. The summed E-state index contributed by atoms with van der Waals surface area (Å²) in [5, 5.41) is 6.76. The lowest BCUT2D eigenvalue weighted by atomic mass is 10.1. The maximum Gasteiger partial charge on any atom is 0.234 e. The van der Waals surface area contributed by atoms with Gasteiger partial charge in [-0.2, -0.15) is 0 Å². The van der Waals surface area contributed by atoms with E-state index in [1.165, 1.54) is 25.7 Å². The third-order valence-electron chi connectivity index (χ3n) is 5.44. The summed E-state index contributed by atoms with van der Waals surface area (Å²) in [7, 11) is 2.02. The fourth-order valence-corrected chi connectivity index (χ4v) is 3.84. The fourth-order valence-electron chi connectivity index (χ4n) is 3.84. The number of rotatable bonds is 6. The Kier molecular flexibility index (Phi) is 5.47. The van der Waals surface area contributed by atoms with Crippen LogP contribution < -0.4 is 10.6 Å². The molecule has 2 N–H and O–H groups in total. The third-order valence-corrected chi connectivity index (χ3v) is 5.44. The number of imidazole rings is 1. The van der Waals surface area contributed by atoms with Crippen molar-refractivity contribution in [3.8, 4) is 0 Å². The van der Waals surface area contributed by atoms with Gasteiger partial charge < -0.3 is 15.2 Å². The molecule has 24 heavy (non-hydrogen) atoms. The number of carbonyl (C=O) groups is 1. The lowest BCUT2D eigenvalue weighted by Crippen LogP contribution is -2.51. The largest absolute Gasteiger partial charge is 0.352 e. The SMILES string of the molecule is Cl.Cn1ccnc1C1CNCCN1CC(=O)NC(C1CC1)C1CC1. The fraction of sp³-hybridized carbons (Fsp3) is 0.765. The molecule has 0 spiro atoms. The molecule has 4 rings (SSSR count). The Hall–Kier alpha value is -1.11. The predicted octanol–water partition coefficient (Wildman–Crippen LogP) is 1.09. The standard InChI is InChI=1S/C17H27N5O.ClH/c1-21-8-7-19-17(21)14-10-18-6-9-22(14)11-15(23)20-16(12-2-3-12)13-4-5-13;/h7-8,12-14,16,18H,2-6,9-11H2,1H3,(H,20,23);1H. The van der Waals surface area contributed by atoms with Crippen LogP contribution in [-0.2, 0) is 11.8 Å². The zero-order chi connectivity index (χ0) is 15.8. The topological polar surface area (TPSA) is 62.2 Å². The molecule has 1 aromatic heterocycles. The van der Waals surface area contributed by atoms with Crippen molar-refractivity contribution in [3.63, 3.8) is 0 Å². The van der Waals surface area contributed by atoms with Gasteiger partial charge in [0.05, 0.1) is 12.6 Å². The Morgan fingerprint density at radius 2 is 2.08 bits per heavy atom. The Balaban J connectivity index is 0.00000169. The van der Waals surface area contributed by atoms with Gasteiger partial charge in [0.2, 0.25) is 5.91 Å². The van der Waals surface area contributed by atoms with E-state index in [4.69, 9.17) is 0 Å².